The predicted molar refractivity (Wildman–Crippen MR) is 95.8 cm³/mol. The van der Waals surface area contributed by atoms with Crippen LogP contribution in [0.2, 0.25) is 5.02 Å². The van der Waals surface area contributed by atoms with Crippen LogP contribution >= 0.6 is 11.6 Å². The summed E-state index contributed by atoms with van der Waals surface area (Å²) in [4.78, 5) is 6.81. The zero-order valence-electron chi connectivity index (χ0n) is 13.2. The molecule has 5 nitrogen and oxygen atoms in total. The number of sulfonamides is 1. The van der Waals surface area contributed by atoms with Gasteiger partial charge < -0.3 is 4.90 Å². The Balaban J connectivity index is 1.53. The summed E-state index contributed by atoms with van der Waals surface area (Å²) in [5.74, 6) is 1.31. The lowest BCUT2D eigenvalue weighted by Crippen LogP contribution is -2.39. The first-order chi connectivity index (χ1) is 11.5. The van der Waals surface area contributed by atoms with Gasteiger partial charge >= 0.3 is 0 Å². The Morgan fingerprint density at radius 1 is 1.17 bits per heavy atom. The van der Waals surface area contributed by atoms with Crippen molar-refractivity contribution in [1.29, 1.82) is 0 Å². The summed E-state index contributed by atoms with van der Waals surface area (Å²) >= 11 is 5.87. The van der Waals surface area contributed by atoms with E-state index >= 15 is 0 Å². The molecule has 0 amide bonds. The van der Waals surface area contributed by atoms with E-state index < -0.39 is 10.0 Å². The fraction of sp³-hybridized carbons (Fsp3) is 0.353. The Morgan fingerprint density at radius 3 is 2.62 bits per heavy atom. The van der Waals surface area contributed by atoms with Crippen LogP contribution in [0.15, 0.2) is 53.6 Å². The van der Waals surface area contributed by atoms with Crippen molar-refractivity contribution in [2.45, 2.75) is 17.7 Å². The predicted octanol–water partition coefficient (Wildman–Crippen LogP) is 2.93. The number of nitrogens with one attached hydrogen (secondary N) is 1. The van der Waals surface area contributed by atoms with E-state index in [1.54, 1.807) is 24.4 Å². The summed E-state index contributed by atoms with van der Waals surface area (Å²) in [5, 5.41) is 0.418. The Labute approximate surface area is 147 Å². The van der Waals surface area contributed by atoms with Gasteiger partial charge in [-0.25, -0.2) is 18.1 Å². The van der Waals surface area contributed by atoms with E-state index in [0.29, 0.717) is 17.5 Å². The fourth-order valence-electron chi connectivity index (χ4n) is 2.85. The van der Waals surface area contributed by atoms with Gasteiger partial charge in [-0.2, -0.15) is 0 Å². The fourth-order valence-corrected chi connectivity index (χ4v) is 4.27. The Hall–Kier alpha value is -1.63. The SMILES string of the molecule is O=S(=O)(NCC1CCN(c2ccccn2)CC1)c1cccc(Cl)c1. The Bertz CT molecular complexity index is 775. The summed E-state index contributed by atoms with van der Waals surface area (Å²) in [6, 6.07) is 12.2. The highest BCUT2D eigenvalue weighted by Gasteiger charge is 2.22. The number of nitrogens with zero attached hydrogens (tertiary/aromatic N) is 2. The molecule has 0 spiro atoms. The van der Waals surface area contributed by atoms with Crippen LogP contribution in [0.3, 0.4) is 0 Å². The molecule has 0 atom stereocenters. The van der Waals surface area contributed by atoms with E-state index in [0.717, 1.165) is 31.7 Å². The normalized spacial score (nSPS) is 16.3. The van der Waals surface area contributed by atoms with Crippen molar-refractivity contribution >= 4 is 27.4 Å². The zero-order chi connectivity index (χ0) is 17.0. The second-order valence-corrected chi connectivity index (χ2v) is 8.13. The molecule has 1 aliphatic heterocycles. The lowest BCUT2D eigenvalue weighted by Gasteiger charge is -2.32. The van der Waals surface area contributed by atoms with Crippen molar-refractivity contribution < 1.29 is 8.42 Å². The van der Waals surface area contributed by atoms with Gasteiger partial charge in [-0.05, 0) is 49.1 Å². The number of benzene rings is 1. The first kappa shape index (κ1) is 17.2. The molecular formula is C17H20ClN3O2S. The summed E-state index contributed by atoms with van der Waals surface area (Å²) in [5.41, 5.74) is 0. The zero-order valence-corrected chi connectivity index (χ0v) is 14.8. The summed E-state index contributed by atoms with van der Waals surface area (Å²) in [6.45, 7) is 2.23. The van der Waals surface area contributed by atoms with Crippen LogP contribution in [0.5, 0.6) is 0 Å². The highest BCUT2D eigenvalue weighted by atomic mass is 35.5. The monoisotopic (exact) mass is 365 g/mol. The third-order valence-corrected chi connectivity index (χ3v) is 5.91. The van der Waals surface area contributed by atoms with Gasteiger partial charge in [-0.15, -0.1) is 0 Å². The van der Waals surface area contributed by atoms with Crippen molar-refractivity contribution in [3.63, 3.8) is 0 Å². The van der Waals surface area contributed by atoms with E-state index in [1.165, 1.54) is 6.07 Å². The van der Waals surface area contributed by atoms with Crippen LogP contribution in [-0.2, 0) is 10.0 Å². The van der Waals surface area contributed by atoms with Gasteiger partial charge in [0.05, 0.1) is 4.90 Å². The quantitative estimate of drug-likeness (QED) is 0.884. The maximum Gasteiger partial charge on any atom is 0.240 e. The largest absolute Gasteiger partial charge is 0.357 e. The van der Waals surface area contributed by atoms with E-state index in [2.05, 4.69) is 14.6 Å². The average molecular weight is 366 g/mol. The minimum absolute atomic E-state index is 0.209. The van der Waals surface area contributed by atoms with Gasteiger partial charge in [0.25, 0.3) is 0 Å². The average Bonchev–Trinajstić information content (AvgIpc) is 2.61. The molecule has 0 saturated carbocycles. The molecule has 1 aliphatic rings. The molecule has 1 N–H and O–H groups in total. The van der Waals surface area contributed by atoms with Gasteiger partial charge in [-0.1, -0.05) is 23.7 Å². The maximum absolute atomic E-state index is 12.3. The smallest absolute Gasteiger partial charge is 0.240 e. The molecular weight excluding hydrogens is 346 g/mol. The minimum Gasteiger partial charge on any atom is -0.357 e. The van der Waals surface area contributed by atoms with Crippen molar-refractivity contribution in [2.75, 3.05) is 24.5 Å². The van der Waals surface area contributed by atoms with Crippen LogP contribution in [0.25, 0.3) is 0 Å². The molecule has 7 heteroatoms. The van der Waals surface area contributed by atoms with Crippen LogP contribution in [0.1, 0.15) is 12.8 Å². The third kappa shape index (κ3) is 4.26. The highest BCUT2D eigenvalue weighted by Crippen LogP contribution is 2.22. The summed E-state index contributed by atoms with van der Waals surface area (Å²) in [6.07, 6.45) is 3.67. The molecule has 3 rings (SSSR count). The van der Waals surface area contributed by atoms with Gasteiger partial charge in [0.1, 0.15) is 5.82 Å². The van der Waals surface area contributed by atoms with Crippen molar-refractivity contribution in [3.05, 3.63) is 53.7 Å². The van der Waals surface area contributed by atoms with Crippen molar-refractivity contribution in [1.82, 2.24) is 9.71 Å². The highest BCUT2D eigenvalue weighted by molar-refractivity contribution is 7.89. The number of piperidine rings is 1. The number of rotatable bonds is 5. The second kappa shape index (κ2) is 7.51. The molecule has 24 heavy (non-hydrogen) atoms. The molecule has 0 radical (unpaired) electrons. The number of aromatic nitrogens is 1. The first-order valence-electron chi connectivity index (χ1n) is 7.96. The lowest BCUT2D eigenvalue weighted by molar-refractivity contribution is 0.400. The van der Waals surface area contributed by atoms with Crippen LogP contribution in [-0.4, -0.2) is 33.0 Å². The molecule has 1 fully saturated rings. The topological polar surface area (TPSA) is 62.3 Å². The van der Waals surface area contributed by atoms with Gasteiger partial charge in [0.15, 0.2) is 0 Å². The van der Waals surface area contributed by atoms with E-state index in [4.69, 9.17) is 11.6 Å². The van der Waals surface area contributed by atoms with Gasteiger partial charge in [-0.3, -0.25) is 0 Å². The van der Waals surface area contributed by atoms with Crippen LogP contribution < -0.4 is 9.62 Å². The number of hydrogen-bond acceptors (Lipinski definition) is 4. The van der Waals surface area contributed by atoms with Crippen LogP contribution in [0.4, 0.5) is 5.82 Å². The summed E-state index contributed by atoms with van der Waals surface area (Å²) < 4.78 is 27.4. The molecule has 1 aromatic carbocycles. The molecule has 128 valence electrons. The molecule has 2 aromatic rings. The Kier molecular flexibility index (Phi) is 5.38. The van der Waals surface area contributed by atoms with Crippen molar-refractivity contribution in [2.24, 2.45) is 5.92 Å². The minimum atomic E-state index is -3.51. The van der Waals surface area contributed by atoms with Gasteiger partial charge in [0.2, 0.25) is 10.0 Å². The van der Waals surface area contributed by atoms with Crippen molar-refractivity contribution in [3.8, 4) is 0 Å². The van der Waals surface area contributed by atoms with E-state index in [9.17, 15) is 8.42 Å². The lowest BCUT2D eigenvalue weighted by atomic mass is 9.97. The molecule has 1 saturated heterocycles. The maximum atomic E-state index is 12.3. The molecule has 1 aromatic heterocycles. The van der Waals surface area contributed by atoms with Crippen LogP contribution in [0, 0.1) is 5.92 Å². The first-order valence-corrected chi connectivity index (χ1v) is 9.82. The van der Waals surface area contributed by atoms with Gasteiger partial charge in [0, 0.05) is 30.9 Å². The second-order valence-electron chi connectivity index (χ2n) is 5.93. The Morgan fingerprint density at radius 2 is 1.96 bits per heavy atom. The molecule has 0 aliphatic carbocycles. The standard InChI is InChI=1S/C17H20ClN3O2S/c18-15-4-3-5-16(12-15)24(22,23)20-13-14-7-10-21(11-8-14)17-6-1-2-9-19-17/h1-6,9,12,14,20H,7-8,10-11,13H2. The van der Waals surface area contributed by atoms with E-state index in [-0.39, 0.29) is 4.90 Å². The number of halogens is 1. The summed E-state index contributed by atoms with van der Waals surface area (Å²) in [7, 11) is -3.51. The number of anilines is 1. The number of pyridine rings is 1. The third-order valence-electron chi connectivity index (χ3n) is 4.26. The molecule has 0 unspecified atom stereocenters. The number of hydrogen-bond donors (Lipinski definition) is 1. The van der Waals surface area contributed by atoms with E-state index in [1.807, 2.05) is 18.2 Å². The molecule has 0 bridgehead atoms. The molecule has 2 heterocycles.